The summed E-state index contributed by atoms with van der Waals surface area (Å²) >= 11 is 1.19. The molecular formula is C21H20N4O6S2. The number of amides is 1. The number of nitrogens with one attached hydrogen (secondary N) is 1. The molecule has 0 radical (unpaired) electrons. The summed E-state index contributed by atoms with van der Waals surface area (Å²) < 4.78 is 32.5. The van der Waals surface area contributed by atoms with E-state index in [2.05, 4.69) is 10.3 Å². The van der Waals surface area contributed by atoms with Gasteiger partial charge in [0.2, 0.25) is 15.9 Å². The molecule has 1 atom stereocenters. The summed E-state index contributed by atoms with van der Waals surface area (Å²) in [5, 5.41) is 15.6. The number of nitro benzene ring substituents is 1. The van der Waals surface area contributed by atoms with E-state index >= 15 is 0 Å². The van der Waals surface area contributed by atoms with Gasteiger partial charge in [0.25, 0.3) is 5.69 Å². The molecule has 1 amide bonds. The van der Waals surface area contributed by atoms with Crippen LogP contribution in [0.25, 0.3) is 11.3 Å². The van der Waals surface area contributed by atoms with Crippen molar-refractivity contribution in [3.8, 4) is 17.0 Å². The van der Waals surface area contributed by atoms with Gasteiger partial charge in [0.1, 0.15) is 11.8 Å². The zero-order chi connectivity index (χ0) is 23.6. The number of nitro groups is 1. The molecule has 4 rings (SSSR count). The van der Waals surface area contributed by atoms with E-state index in [1.807, 2.05) is 0 Å². The van der Waals surface area contributed by atoms with Crippen molar-refractivity contribution in [3.63, 3.8) is 0 Å². The van der Waals surface area contributed by atoms with Gasteiger partial charge in [-0.2, -0.15) is 4.31 Å². The van der Waals surface area contributed by atoms with E-state index in [-0.39, 0.29) is 17.1 Å². The number of aromatic nitrogens is 1. The molecular weight excluding hydrogens is 468 g/mol. The summed E-state index contributed by atoms with van der Waals surface area (Å²) in [4.78, 5) is 27.7. The minimum absolute atomic E-state index is 0.0260. The van der Waals surface area contributed by atoms with Gasteiger partial charge >= 0.3 is 0 Å². The Bertz CT molecular complexity index is 1270. The number of rotatable bonds is 7. The summed E-state index contributed by atoms with van der Waals surface area (Å²) in [5.41, 5.74) is 1.20. The van der Waals surface area contributed by atoms with Crippen molar-refractivity contribution in [1.82, 2.24) is 9.29 Å². The standard InChI is InChI=1S/C21H20N4O6S2/c1-31-16-8-10-17(11-9-16)33(29,30)24-12-2-3-19(24)20(26)23-21-22-18(13-32-21)14-4-6-15(7-5-14)25(27)28/h4-11,13,19H,2-3,12H2,1H3,(H,22,23,26). The third-order valence-electron chi connectivity index (χ3n) is 5.28. The summed E-state index contributed by atoms with van der Waals surface area (Å²) in [6.45, 7) is 0.248. The summed E-state index contributed by atoms with van der Waals surface area (Å²) in [6.07, 6.45) is 0.973. The van der Waals surface area contributed by atoms with E-state index in [1.54, 1.807) is 29.6 Å². The molecule has 0 bridgehead atoms. The zero-order valence-electron chi connectivity index (χ0n) is 17.5. The number of hydrogen-bond donors (Lipinski definition) is 1. The Morgan fingerprint density at radius 2 is 1.91 bits per heavy atom. The van der Waals surface area contributed by atoms with Crippen molar-refractivity contribution in [3.05, 3.63) is 64.0 Å². The molecule has 0 aliphatic carbocycles. The highest BCUT2D eigenvalue weighted by molar-refractivity contribution is 7.89. The molecule has 33 heavy (non-hydrogen) atoms. The van der Waals surface area contributed by atoms with Crippen molar-refractivity contribution >= 4 is 38.1 Å². The van der Waals surface area contributed by atoms with Crippen LogP contribution in [-0.4, -0.2) is 48.2 Å². The normalized spacial score (nSPS) is 16.5. The van der Waals surface area contributed by atoms with E-state index in [0.717, 1.165) is 0 Å². The van der Waals surface area contributed by atoms with Crippen LogP contribution < -0.4 is 10.1 Å². The zero-order valence-corrected chi connectivity index (χ0v) is 19.1. The lowest BCUT2D eigenvalue weighted by atomic mass is 10.1. The maximum Gasteiger partial charge on any atom is 0.269 e. The SMILES string of the molecule is COc1ccc(S(=O)(=O)N2CCCC2C(=O)Nc2nc(-c3ccc([N+](=O)[O-])cc3)cs2)cc1. The molecule has 1 fully saturated rings. The second kappa shape index (κ2) is 9.25. The Morgan fingerprint density at radius 1 is 1.21 bits per heavy atom. The molecule has 1 saturated heterocycles. The summed E-state index contributed by atoms with van der Waals surface area (Å²) in [5.74, 6) is 0.0893. The van der Waals surface area contributed by atoms with Crippen LogP contribution in [0, 0.1) is 10.1 Å². The minimum atomic E-state index is -3.85. The monoisotopic (exact) mass is 488 g/mol. The largest absolute Gasteiger partial charge is 0.497 e. The minimum Gasteiger partial charge on any atom is -0.497 e. The highest BCUT2D eigenvalue weighted by atomic mass is 32.2. The first-order chi connectivity index (χ1) is 15.8. The summed E-state index contributed by atoms with van der Waals surface area (Å²) in [7, 11) is -2.36. The molecule has 1 unspecified atom stereocenters. The van der Waals surface area contributed by atoms with E-state index in [0.29, 0.717) is 35.0 Å². The number of carbonyl (C=O) groups is 1. The molecule has 0 spiro atoms. The van der Waals surface area contributed by atoms with Crippen molar-refractivity contribution in [1.29, 1.82) is 0 Å². The van der Waals surface area contributed by atoms with Gasteiger partial charge in [0.05, 0.1) is 22.6 Å². The van der Waals surface area contributed by atoms with Crippen LogP contribution in [0.4, 0.5) is 10.8 Å². The maximum atomic E-state index is 13.1. The van der Waals surface area contributed by atoms with Crippen LogP contribution in [0.2, 0.25) is 0 Å². The van der Waals surface area contributed by atoms with Crippen molar-refractivity contribution in [2.45, 2.75) is 23.8 Å². The number of nitrogens with zero attached hydrogens (tertiary/aromatic N) is 3. The Morgan fingerprint density at radius 3 is 2.55 bits per heavy atom. The quantitative estimate of drug-likeness (QED) is 0.397. The van der Waals surface area contributed by atoms with Gasteiger partial charge in [-0.25, -0.2) is 13.4 Å². The predicted octanol–water partition coefficient (Wildman–Crippen LogP) is 3.52. The Balaban J connectivity index is 1.48. The fraction of sp³-hybridized carbons (Fsp3) is 0.238. The number of benzene rings is 2. The average molecular weight is 489 g/mol. The van der Waals surface area contributed by atoms with Crippen molar-refractivity contribution in [2.24, 2.45) is 0 Å². The second-order valence-electron chi connectivity index (χ2n) is 7.28. The van der Waals surface area contributed by atoms with Gasteiger partial charge in [0, 0.05) is 29.6 Å². The lowest BCUT2D eigenvalue weighted by Crippen LogP contribution is -2.43. The Labute approximate surface area is 194 Å². The first kappa shape index (κ1) is 22.8. The van der Waals surface area contributed by atoms with Gasteiger partial charge in [0.15, 0.2) is 5.13 Å². The molecule has 12 heteroatoms. The highest BCUT2D eigenvalue weighted by Gasteiger charge is 2.39. The Hall–Kier alpha value is -3.35. The maximum absolute atomic E-state index is 13.1. The van der Waals surface area contributed by atoms with E-state index in [4.69, 9.17) is 4.74 Å². The molecule has 2 aromatic carbocycles. The van der Waals surface area contributed by atoms with Gasteiger partial charge in [-0.1, -0.05) is 0 Å². The molecule has 1 aromatic heterocycles. The number of carbonyl (C=O) groups excluding carboxylic acids is 1. The van der Waals surface area contributed by atoms with Crippen LogP contribution in [0.5, 0.6) is 5.75 Å². The van der Waals surface area contributed by atoms with Crippen LogP contribution in [0.1, 0.15) is 12.8 Å². The van der Waals surface area contributed by atoms with Gasteiger partial charge in [-0.3, -0.25) is 14.9 Å². The number of methoxy groups -OCH3 is 1. The predicted molar refractivity (Wildman–Crippen MR) is 123 cm³/mol. The number of hydrogen-bond acceptors (Lipinski definition) is 8. The number of sulfonamides is 1. The average Bonchev–Trinajstić information content (AvgIpc) is 3.49. The van der Waals surface area contributed by atoms with Gasteiger partial charge in [-0.15, -0.1) is 11.3 Å². The lowest BCUT2D eigenvalue weighted by Gasteiger charge is -2.23. The molecule has 1 N–H and O–H groups in total. The molecule has 0 saturated carbocycles. The topological polar surface area (TPSA) is 132 Å². The Kier molecular flexibility index (Phi) is 6.40. The molecule has 1 aliphatic heterocycles. The van der Waals surface area contributed by atoms with Gasteiger partial charge in [-0.05, 0) is 49.2 Å². The fourth-order valence-electron chi connectivity index (χ4n) is 3.58. The number of non-ortho nitro benzene ring substituents is 1. The first-order valence-corrected chi connectivity index (χ1v) is 12.3. The van der Waals surface area contributed by atoms with E-state index in [1.165, 1.54) is 47.0 Å². The van der Waals surface area contributed by atoms with Crippen LogP contribution >= 0.6 is 11.3 Å². The smallest absolute Gasteiger partial charge is 0.269 e. The molecule has 172 valence electrons. The van der Waals surface area contributed by atoms with E-state index in [9.17, 15) is 23.3 Å². The van der Waals surface area contributed by atoms with Crippen LogP contribution in [0.3, 0.4) is 0 Å². The third-order valence-corrected chi connectivity index (χ3v) is 7.96. The van der Waals surface area contributed by atoms with Crippen LogP contribution in [0.15, 0.2) is 58.8 Å². The lowest BCUT2D eigenvalue weighted by molar-refractivity contribution is -0.384. The number of anilines is 1. The van der Waals surface area contributed by atoms with Crippen molar-refractivity contribution in [2.75, 3.05) is 19.0 Å². The summed E-state index contributed by atoms with van der Waals surface area (Å²) in [6, 6.07) is 11.1. The fourth-order valence-corrected chi connectivity index (χ4v) is 5.96. The van der Waals surface area contributed by atoms with Gasteiger partial charge < -0.3 is 10.1 Å². The second-order valence-corrected chi connectivity index (χ2v) is 10.0. The first-order valence-electron chi connectivity index (χ1n) is 9.97. The number of thiazole rings is 1. The molecule has 3 aromatic rings. The van der Waals surface area contributed by atoms with Crippen LogP contribution in [-0.2, 0) is 14.8 Å². The molecule has 2 heterocycles. The number of ether oxygens (including phenoxy) is 1. The highest BCUT2D eigenvalue weighted by Crippen LogP contribution is 2.30. The molecule has 10 nitrogen and oxygen atoms in total. The molecule has 1 aliphatic rings. The third kappa shape index (κ3) is 4.72. The van der Waals surface area contributed by atoms with Crippen molar-refractivity contribution < 1.29 is 22.9 Å². The van der Waals surface area contributed by atoms with E-state index < -0.39 is 26.9 Å².